The fourth-order valence-electron chi connectivity index (χ4n) is 5.49. The van der Waals surface area contributed by atoms with Crippen LogP contribution in [0.3, 0.4) is 0 Å². The van der Waals surface area contributed by atoms with E-state index in [1.54, 1.807) is 6.33 Å². The van der Waals surface area contributed by atoms with E-state index in [2.05, 4.69) is 15.3 Å². The van der Waals surface area contributed by atoms with Crippen LogP contribution in [0.25, 0.3) is 11.0 Å². The number of aromatic amines is 1. The average molecular weight is 395 g/mol. The molecule has 2 heterocycles. The summed E-state index contributed by atoms with van der Waals surface area (Å²) in [5.74, 6) is 0.719. The van der Waals surface area contributed by atoms with Crippen molar-refractivity contribution in [1.82, 2.24) is 20.2 Å². The number of carbonyl (C=O) groups is 2. The monoisotopic (exact) mass is 394 g/mol. The maximum Gasteiger partial charge on any atom is 0.253 e. The van der Waals surface area contributed by atoms with Gasteiger partial charge in [-0.05, 0) is 61.6 Å². The van der Waals surface area contributed by atoms with Crippen LogP contribution in [-0.4, -0.2) is 45.8 Å². The van der Waals surface area contributed by atoms with Gasteiger partial charge in [-0.1, -0.05) is 19.3 Å². The second kappa shape index (κ2) is 7.47. The molecule has 1 unspecified atom stereocenters. The summed E-state index contributed by atoms with van der Waals surface area (Å²) < 4.78 is 0. The quantitative estimate of drug-likeness (QED) is 0.813. The first-order chi connectivity index (χ1) is 14.1. The molecule has 5 rings (SSSR count). The minimum atomic E-state index is 0.108. The highest BCUT2D eigenvalue weighted by Gasteiger charge is 2.48. The normalized spacial score (nSPS) is 23.6. The van der Waals surface area contributed by atoms with Gasteiger partial charge < -0.3 is 15.2 Å². The number of fused-ring (bicyclic) bond motifs is 1. The van der Waals surface area contributed by atoms with Crippen molar-refractivity contribution >= 4 is 22.8 Å². The Bertz CT molecular complexity index is 910. The van der Waals surface area contributed by atoms with Crippen LogP contribution in [0.2, 0.25) is 0 Å². The van der Waals surface area contributed by atoms with E-state index < -0.39 is 0 Å². The van der Waals surface area contributed by atoms with E-state index in [1.807, 2.05) is 23.1 Å². The number of rotatable bonds is 5. The zero-order valence-corrected chi connectivity index (χ0v) is 17.0. The lowest BCUT2D eigenvalue weighted by molar-refractivity contribution is -0.121. The fourth-order valence-corrected chi connectivity index (χ4v) is 5.49. The van der Waals surface area contributed by atoms with Gasteiger partial charge in [-0.15, -0.1) is 0 Å². The number of nitrogens with one attached hydrogen (secondary N) is 2. The van der Waals surface area contributed by atoms with E-state index in [1.165, 1.54) is 32.1 Å². The molecule has 1 aromatic heterocycles. The Hall–Kier alpha value is -2.37. The molecule has 6 nitrogen and oxygen atoms in total. The Balaban J connectivity index is 1.31. The van der Waals surface area contributed by atoms with Gasteiger partial charge >= 0.3 is 0 Å². The number of benzene rings is 1. The summed E-state index contributed by atoms with van der Waals surface area (Å²) in [4.78, 5) is 34.9. The van der Waals surface area contributed by atoms with Crippen LogP contribution in [0.1, 0.15) is 68.1 Å². The van der Waals surface area contributed by atoms with Crippen molar-refractivity contribution < 1.29 is 9.59 Å². The van der Waals surface area contributed by atoms with Gasteiger partial charge in [0, 0.05) is 31.1 Å². The summed E-state index contributed by atoms with van der Waals surface area (Å²) in [5.41, 5.74) is 2.70. The third-order valence-corrected chi connectivity index (χ3v) is 7.28. The molecule has 1 spiro atoms. The lowest BCUT2D eigenvalue weighted by Gasteiger charge is -2.38. The Morgan fingerprint density at radius 2 is 2.03 bits per heavy atom. The number of nitrogens with zero attached hydrogens (tertiary/aromatic N) is 2. The zero-order chi connectivity index (χ0) is 19.8. The third kappa shape index (κ3) is 3.77. The predicted octanol–water partition coefficient (Wildman–Crippen LogP) is 3.64. The maximum atomic E-state index is 13.3. The highest BCUT2D eigenvalue weighted by Crippen LogP contribution is 2.49. The minimum Gasteiger partial charge on any atom is -0.353 e. The lowest BCUT2D eigenvalue weighted by atomic mass is 9.66. The fraction of sp³-hybridized carbons (Fsp3) is 0.609. The first-order valence-corrected chi connectivity index (χ1v) is 11.1. The second-order valence-corrected chi connectivity index (χ2v) is 9.32. The van der Waals surface area contributed by atoms with Crippen LogP contribution < -0.4 is 5.32 Å². The van der Waals surface area contributed by atoms with Crippen molar-refractivity contribution in [2.75, 3.05) is 13.1 Å². The topological polar surface area (TPSA) is 78.1 Å². The Kier molecular flexibility index (Phi) is 4.80. The zero-order valence-electron chi connectivity index (χ0n) is 17.0. The smallest absolute Gasteiger partial charge is 0.253 e. The van der Waals surface area contributed by atoms with Gasteiger partial charge in [-0.25, -0.2) is 4.98 Å². The standard InChI is InChI=1S/C23H30N4O2/c28-21(26-18-6-7-18)9-5-17-13-27(14-23(17)10-2-1-3-11-23)22(29)16-4-8-19-20(12-16)25-15-24-19/h4,8,12,15,17-18H,1-3,5-7,9-11,13-14H2,(H,24,25)(H,26,28). The summed E-state index contributed by atoms with van der Waals surface area (Å²) in [6.45, 7) is 1.61. The largest absolute Gasteiger partial charge is 0.353 e. The Morgan fingerprint density at radius 1 is 1.21 bits per heavy atom. The SMILES string of the molecule is O=C(CCC1CN(C(=O)c2ccc3nc[nH]c3c2)CC12CCCCC2)NC1CC1. The molecule has 3 fully saturated rings. The lowest BCUT2D eigenvalue weighted by Crippen LogP contribution is -2.35. The van der Waals surface area contributed by atoms with Crippen LogP contribution in [0.5, 0.6) is 0 Å². The molecule has 1 aliphatic heterocycles. The van der Waals surface area contributed by atoms with Crippen molar-refractivity contribution in [3.05, 3.63) is 30.1 Å². The highest BCUT2D eigenvalue weighted by atomic mass is 16.2. The Morgan fingerprint density at radius 3 is 2.83 bits per heavy atom. The van der Waals surface area contributed by atoms with Gasteiger partial charge in [0.2, 0.25) is 5.91 Å². The van der Waals surface area contributed by atoms with Crippen LogP contribution in [0.15, 0.2) is 24.5 Å². The van der Waals surface area contributed by atoms with Crippen molar-refractivity contribution in [3.63, 3.8) is 0 Å². The number of amides is 2. The van der Waals surface area contributed by atoms with Gasteiger partial charge in [0.05, 0.1) is 17.4 Å². The van der Waals surface area contributed by atoms with Gasteiger partial charge in [-0.2, -0.15) is 0 Å². The molecule has 1 aromatic carbocycles. The molecular weight excluding hydrogens is 364 g/mol. The highest BCUT2D eigenvalue weighted by molar-refractivity contribution is 5.97. The molecular formula is C23H30N4O2. The molecule has 0 bridgehead atoms. The molecule has 1 atom stereocenters. The van der Waals surface area contributed by atoms with Gasteiger partial charge in [0.25, 0.3) is 5.91 Å². The molecule has 2 aromatic rings. The second-order valence-electron chi connectivity index (χ2n) is 9.32. The van der Waals surface area contributed by atoms with Crippen molar-refractivity contribution in [2.24, 2.45) is 11.3 Å². The number of H-pyrrole nitrogens is 1. The number of hydrogen-bond donors (Lipinski definition) is 2. The summed E-state index contributed by atoms with van der Waals surface area (Å²) in [5, 5.41) is 3.11. The van der Waals surface area contributed by atoms with Crippen molar-refractivity contribution in [2.45, 2.75) is 63.8 Å². The molecule has 6 heteroatoms. The molecule has 2 saturated carbocycles. The van der Waals surface area contributed by atoms with Crippen molar-refractivity contribution in [3.8, 4) is 0 Å². The molecule has 29 heavy (non-hydrogen) atoms. The summed E-state index contributed by atoms with van der Waals surface area (Å²) >= 11 is 0. The number of aromatic nitrogens is 2. The third-order valence-electron chi connectivity index (χ3n) is 7.28. The van der Waals surface area contributed by atoms with Gasteiger partial charge in [-0.3, -0.25) is 9.59 Å². The van der Waals surface area contributed by atoms with Gasteiger partial charge in [0.1, 0.15) is 0 Å². The van der Waals surface area contributed by atoms with E-state index >= 15 is 0 Å². The first-order valence-electron chi connectivity index (χ1n) is 11.1. The molecule has 2 aliphatic carbocycles. The summed E-state index contributed by atoms with van der Waals surface area (Å²) in [6.07, 6.45) is 11.5. The molecule has 1 saturated heterocycles. The number of likely N-dealkylation sites (tertiary alicyclic amines) is 1. The van der Waals surface area contributed by atoms with E-state index in [-0.39, 0.29) is 17.2 Å². The van der Waals surface area contributed by atoms with E-state index in [0.717, 1.165) is 48.9 Å². The molecule has 154 valence electrons. The number of carbonyl (C=O) groups excluding carboxylic acids is 2. The van der Waals surface area contributed by atoms with Crippen molar-refractivity contribution in [1.29, 1.82) is 0 Å². The molecule has 2 amide bonds. The molecule has 2 N–H and O–H groups in total. The summed E-state index contributed by atoms with van der Waals surface area (Å²) in [7, 11) is 0. The van der Waals surface area contributed by atoms with Crippen LogP contribution in [0.4, 0.5) is 0 Å². The summed E-state index contributed by atoms with van der Waals surface area (Å²) in [6, 6.07) is 6.13. The van der Waals surface area contributed by atoms with Crippen LogP contribution in [-0.2, 0) is 4.79 Å². The van der Waals surface area contributed by atoms with E-state index in [9.17, 15) is 9.59 Å². The first kappa shape index (κ1) is 18.6. The molecule has 3 aliphatic rings. The van der Waals surface area contributed by atoms with Gasteiger partial charge in [0.15, 0.2) is 0 Å². The number of hydrogen-bond acceptors (Lipinski definition) is 3. The average Bonchev–Trinajstić information content (AvgIpc) is 3.30. The van der Waals surface area contributed by atoms with Crippen LogP contribution in [0, 0.1) is 11.3 Å². The number of imidazole rings is 1. The predicted molar refractivity (Wildman–Crippen MR) is 111 cm³/mol. The minimum absolute atomic E-state index is 0.108. The van der Waals surface area contributed by atoms with Crippen LogP contribution >= 0.6 is 0 Å². The maximum absolute atomic E-state index is 13.3. The molecule has 0 radical (unpaired) electrons. The van der Waals surface area contributed by atoms with E-state index in [4.69, 9.17) is 0 Å². The van der Waals surface area contributed by atoms with E-state index in [0.29, 0.717) is 18.4 Å². The Labute approximate surface area is 171 Å².